The third-order valence-corrected chi connectivity index (χ3v) is 12.7. The number of hydrogen-bond donors (Lipinski definition) is 5. The van der Waals surface area contributed by atoms with Crippen LogP contribution < -0.4 is 10.1 Å². The second kappa shape index (κ2) is 16.5. The van der Waals surface area contributed by atoms with Crippen molar-refractivity contribution in [2.75, 3.05) is 7.11 Å². The van der Waals surface area contributed by atoms with Crippen LogP contribution in [0, 0.1) is 0 Å². The van der Waals surface area contributed by atoms with Crippen LogP contribution in [0.2, 0.25) is 0 Å². The average molecular weight is 877 g/mol. The Kier molecular flexibility index (Phi) is 11.3. The molecule has 0 radical (unpaired) electrons. The van der Waals surface area contributed by atoms with Crippen LogP contribution in [0.1, 0.15) is 118 Å². The summed E-state index contributed by atoms with van der Waals surface area (Å²) in [6.45, 7) is 2.70. The number of ketones is 5. The molecule has 17 nitrogen and oxygen atoms in total. The highest BCUT2D eigenvalue weighted by atomic mass is 16.7. The number of carbonyl (C=O) groups excluding carboxylic acids is 6. The Bertz CT molecular complexity index is 2790. The molecule has 5 N–H and O–H groups in total. The predicted molar refractivity (Wildman–Crippen MR) is 226 cm³/mol. The Morgan fingerprint density at radius 3 is 2.14 bits per heavy atom. The molecule has 2 aliphatic carbocycles. The van der Waals surface area contributed by atoms with Gasteiger partial charge in [-0.25, -0.2) is 0 Å². The molecule has 0 saturated carbocycles. The van der Waals surface area contributed by atoms with Crippen molar-refractivity contribution in [3.8, 4) is 17.2 Å². The second-order valence-corrected chi connectivity index (χ2v) is 16.9. The van der Waals surface area contributed by atoms with Gasteiger partial charge in [-0.1, -0.05) is 12.1 Å². The van der Waals surface area contributed by atoms with E-state index in [0.29, 0.717) is 22.5 Å². The summed E-state index contributed by atoms with van der Waals surface area (Å²) in [5, 5.41) is 49.2. The number of fused-ring (bicyclic) bond motifs is 3. The number of nitrogens with one attached hydrogen (secondary N) is 1. The van der Waals surface area contributed by atoms with Gasteiger partial charge in [0, 0.05) is 88.5 Å². The fourth-order valence-corrected chi connectivity index (χ4v) is 9.27. The predicted octanol–water partition coefficient (Wildman–Crippen LogP) is 3.37. The van der Waals surface area contributed by atoms with E-state index < -0.39 is 95.0 Å². The summed E-state index contributed by atoms with van der Waals surface area (Å²) in [7, 11) is 6.47. The topological polar surface area (TPSA) is 238 Å². The zero-order valence-electron chi connectivity index (χ0n) is 36.0. The Balaban J connectivity index is 1.01. The number of carbonyl (C=O) groups is 6. The third-order valence-electron chi connectivity index (χ3n) is 12.7. The number of aromatic nitrogens is 3. The molecule has 1 fully saturated rings. The normalized spacial score (nSPS) is 22.7. The maximum absolute atomic E-state index is 14.0. The van der Waals surface area contributed by atoms with Gasteiger partial charge in [0.2, 0.25) is 5.78 Å². The van der Waals surface area contributed by atoms with Crippen LogP contribution in [0.5, 0.6) is 17.2 Å². The number of aliphatic hydroxyl groups is 2. The highest BCUT2D eigenvalue weighted by Gasteiger charge is 2.50. The molecule has 8 rings (SSSR count). The van der Waals surface area contributed by atoms with Gasteiger partial charge in [-0.3, -0.25) is 28.8 Å². The zero-order valence-corrected chi connectivity index (χ0v) is 36.0. The van der Waals surface area contributed by atoms with Crippen LogP contribution in [0.4, 0.5) is 0 Å². The summed E-state index contributed by atoms with van der Waals surface area (Å²) in [5.74, 6) is -4.48. The van der Waals surface area contributed by atoms with Crippen LogP contribution in [-0.4, -0.2) is 106 Å². The Labute approximate surface area is 366 Å². The molecule has 17 heteroatoms. The number of phenolic OH excluding ortho intramolecular Hbond substituents is 2. The third kappa shape index (κ3) is 7.53. The minimum absolute atomic E-state index is 0.0437. The van der Waals surface area contributed by atoms with E-state index in [9.17, 15) is 49.2 Å². The van der Waals surface area contributed by atoms with Crippen LogP contribution in [0.3, 0.4) is 0 Å². The van der Waals surface area contributed by atoms with Gasteiger partial charge in [-0.15, -0.1) is 0 Å². The monoisotopic (exact) mass is 876 g/mol. The number of benzene rings is 2. The van der Waals surface area contributed by atoms with Gasteiger partial charge >= 0.3 is 0 Å². The molecule has 334 valence electrons. The van der Waals surface area contributed by atoms with Crippen molar-refractivity contribution in [2.24, 2.45) is 21.1 Å². The van der Waals surface area contributed by atoms with E-state index in [-0.39, 0.29) is 64.5 Å². The highest BCUT2D eigenvalue weighted by Crippen LogP contribution is 2.52. The van der Waals surface area contributed by atoms with E-state index in [1.807, 2.05) is 0 Å². The molecule has 1 amide bonds. The molecule has 4 heterocycles. The molecule has 5 aromatic rings. The highest BCUT2D eigenvalue weighted by molar-refractivity contribution is 6.31. The number of methoxy groups -OCH3 is 1. The van der Waals surface area contributed by atoms with Crippen molar-refractivity contribution < 1.29 is 63.4 Å². The molecular weight excluding hydrogens is 829 g/mol. The largest absolute Gasteiger partial charge is 0.507 e. The molecule has 64 heavy (non-hydrogen) atoms. The van der Waals surface area contributed by atoms with Crippen LogP contribution in [0.25, 0.3) is 0 Å². The fourth-order valence-electron chi connectivity index (χ4n) is 9.27. The van der Waals surface area contributed by atoms with Crippen molar-refractivity contribution in [2.45, 2.75) is 82.2 Å². The van der Waals surface area contributed by atoms with Gasteiger partial charge in [0.1, 0.15) is 34.6 Å². The van der Waals surface area contributed by atoms with Crippen molar-refractivity contribution in [3.63, 3.8) is 0 Å². The zero-order chi connectivity index (χ0) is 46.1. The molecule has 2 aromatic carbocycles. The van der Waals surface area contributed by atoms with Gasteiger partial charge in [0.25, 0.3) is 5.91 Å². The number of amides is 1. The van der Waals surface area contributed by atoms with Gasteiger partial charge in [-0.2, -0.15) is 0 Å². The number of aromatic hydroxyl groups is 2. The summed E-state index contributed by atoms with van der Waals surface area (Å²) >= 11 is 0. The van der Waals surface area contributed by atoms with Crippen LogP contribution in [-0.2, 0) is 54.7 Å². The van der Waals surface area contributed by atoms with E-state index >= 15 is 0 Å². The average Bonchev–Trinajstić information content (AvgIpc) is 3.96. The van der Waals surface area contributed by atoms with Crippen LogP contribution in [0.15, 0.2) is 61.1 Å². The maximum Gasteiger partial charge on any atom is 0.268 e. The number of nitrogens with zero attached hydrogens (tertiary/aromatic N) is 3. The summed E-state index contributed by atoms with van der Waals surface area (Å²) < 4.78 is 22.7. The molecule has 3 aromatic heterocycles. The fraction of sp³-hybridized carbons (Fsp3) is 0.362. The first-order chi connectivity index (χ1) is 30.3. The van der Waals surface area contributed by atoms with Crippen LogP contribution >= 0.6 is 0 Å². The molecular formula is C47H48N4O13. The van der Waals surface area contributed by atoms with Crippen molar-refractivity contribution in [1.82, 2.24) is 19.0 Å². The Morgan fingerprint density at radius 1 is 0.859 bits per heavy atom. The van der Waals surface area contributed by atoms with Crippen molar-refractivity contribution in [3.05, 3.63) is 123 Å². The molecule has 1 aliphatic heterocycles. The first-order valence-electron chi connectivity index (χ1n) is 20.7. The Hall–Kier alpha value is -6.66. The molecule has 0 spiro atoms. The molecule has 1 saturated heterocycles. The van der Waals surface area contributed by atoms with E-state index in [0.717, 1.165) is 6.92 Å². The minimum Gasteiger partial charge on any atom is -0.507 e. The van der Waals surface area contributed by atoms with E-state index in [4.69, 9.17) is 14.2 Å². The van der Waals surface area contributed by atoms with Gasteiger partial charge in [0.15, 0.2) is 29.4 Å². The van der Waals surface area contributed by atoms with E-state index in [2.05, 4.69) is 5.32 Å². The first-order valence-corrected chi connectivity index (χ1v) is 20.7. The molecule has 0 bridgehead atoms. The minimum atomic E-state index is -2.14. The second-order valence-electron chi connectivity index (χ2n) is 16.9. The van der Waals surface area contributed by atoms with Gasteiger partial charge in [0.05, 0.1) is 53.4 Å². The SMILES string of the molecule is COc1cccc2c1C(=O)c1c(O)c3c(c(O)c1C2=O)C[C@@](O)(C(C)=O)C[C@@H]3OC1CC(NC(=O)c2cc(CC(=O)c3cc(CC(=O)c4cccn4C)cn3C)cn2C)C(O)C(C)O1. The number of aryl methyl sites for hydroxylation is 3. The standard InChI is InChI=1S/C47H48N4O13/c1-22-41(55)28(48-46(60)31-14-25(21-51(31)5)16-33(54)30-13-24(20-50(30)4)15-32(53)29-10-8-12-49(29)3)17-36(63-22)64-35-19-47(61,23(2)52)18-27-38(35)45(59)40-39(43(27)57)42(56)26-9-7-11-34(62-6)37(26)44(40)58/h7-14,20-22,28,35-36,41,55,57,59,61H,15-19H2,1-6H3,(H,48,60)/t22?,28?,35-,36?,41?,47-/m0/s1. The number of hydrogen-bond acceptors (Lipinski definition) is 13. The lowest BCUT2D eigenvalue weighted by atomic mass is 9.72. The summed E-state index contributed by atoms with van der Waals surface area (Å²) in [6, 6.07) is 10.2. The summed E-state index contributed by atoms with van der Waals surface area (Å²) in [4.78, 5) is 81.0. The number of aliphatic hydroxyl groups excluding tert-OH is 1. The quantitative estimate of drug-likeness (QED) is 0.0877. The maximum atomic E-state index is 14.0. The lowest BCUT2D eigenvalue weighted by Gasteiger charge is -2.42. The molecule has 4 unspecified atom stereocenters. The lowest BCUT2D eigenvalue weighted by molar-refractivity contribution is -0.248. The van der Waals surface area contributed by atoms with Gasteiger partial charge in [-0.05, 0) is 55.3 Å². The lowest BCUT2D eigenvalue weighted by Crippen LogP contribution is -2.56. The van der Waals surface area contributed by atoms with E-state index in [1.54, 1.807) is 84.6 Å². The van der Waals surface area contributed by atoms with Crippen molar-refractivity contribution >= 4 is 34.8 Å². The van der Waals surface area contributed by atoms with E-state index in [1.165, 1.54) is 25.3 Å². The number of rotatable bonds is 12. The molecule has 3 aliphatic rings. The smallest absolute Gasteiger partial charge is 0.268 e. The Morgan fingerprint density at radius 2 is 1.50 bits per heavy atom. The van der Waals surface area contributed by atoms with Gasteiger partial charge < -0.3 is 53.7 Å². The van der Waals surface area contributed by atoms with Crippen molar-refractivity contribution in [1.29, 1.82) is 0 Å². The molecule has 6 atom stereocenters. The number of phenols is 2. The summed E-state index contributed by atoms with van der Waals surface area (Å²) in [6.07, 6.45) is -0.696. The first kappa shape index (κ1) is 44.0. The summed E-state index contributed by atoms with van der Waals surface area (Å²) in [5.41, 5.74) is -1.24. The number of Topliss-reactive ketones (excluding diaryl/α,β-unsaturated/α-hetero) is 3. The number of ether oxygens (including phenoxy) is 3.